The van der Waals surface area contributed by atoms with Crippen LogP contribution in [-0.4, -0.2) is 21.0 Å². The first-order valence-corrected chi connectivity index (χ1v) is 6.28. The molecule has 0 aliphatic rings. The maximum Gasteiger partial charge on any atom is 0.341 e. The highest BCUT2D eigenvalue weighted by atomic mass is 35.5. The van der Waals surface area contributed by atoms with Crippen molar-refractivity contribution in [2.75, 3.05) is 6.61 Å². The van der Waals surface area contributed by atoms with E-state index < -0.39 is 16.0 Å². The summed E-state index contributed by atoms with van der Waals surface area (Å²) in [4.78, 5) is 11.2. The summed E-state index contributed by atoms with van der Waals surface area (Å²) in [6, 6.07) is 3.99. The van der Waals surface area contributed by atoms with Gasteiger partial charge in [-0.3, -0.25) is 0 Å². The first-order valence-electron chi connectivity index (χ1n) is 4.36. The van der Waals surface area contributed by atoms with Crippen molar-refractivity contribution < 1.29 is 17.9 Å². The van der Waals surface area contributed by atoms with Crippen molar-refractivity contribution in [2.45, 2.75) is 11.8 Å². The van der Waals surface area contributed by atoms with Crippen molar-refractivity contribution in [2.24, 2.45) is 5.14 Å². The van der Waals surface area contributed by atoms with E-state index in [4.69, 9.17) is 21.5 Å². The van der Waals surface area contributed by atoms with Crippen LogP contribution in [0.25, 0.3) is 0 Å². The molecule has 0 saturated carbocycles. The highest BCUT2D eigenvalue weighted by molar-refractivity contribution is 7.89. The molecule has 2 N–H and O–H groups in total. The highest BCUT2D eigenvalue weighted by Crippen LogP contribution is 2.23. The van der Waals surface area contributed by atoms with Crippen LogP contribution in [0.15, 0.2) is 23.1 Å². The summed E-state index contributed by atoms with van der Waals surface area (Å²) in [5.41, 5.74) is -0.228. The van der Waals surface area contributed by atoms with Crippen LogP contribution < -0.4 is 5.14 Å². The number of carbonyl (C=O) groups excluding carboxylic acids is 1. The van der Waals surface area contributed by atoms with Gasteiger partial charge in [-0.2, -0.15) is 0 Å². The Hall–Kier alpha value is -1.11. The number of hydrogen-bond acceptors (Lipinski definition) is 4. The largest absolute Gasteiger partial charge is 0.462 e. The second-order valence-corrected chi connectivity index (χ2v) is 4.82. The van der Waals surface area contributed by atoms with E-state index in [0.717, 1.165) is 0 Å². The Morgan fingerprint density at radius 2 is 2.12 bits per heavy atom. The smallest absolute Gasteiger partial charge is 0.341 e. The lowest BCUT2D eigenvalue weighted by Gasteiger charge is -2.08. The van der Waals surface area contributed by atoms with E-state index in [1.807, 2.05) is 0 Å². The molecule has 0 atom stereocenters. The van der Waals surface area contributed by atoms with Gasteiger partial charge in [0.2, 0.25) is 10.0 Å². The molecule has 1 aromatic rings. The maximum atomic E-state index is 11.5. The lowest BCUT2D eigenvalue weighted by Crippen LogP contribution is -2.18. The molecule has 1 rings (SSSR count). The fourth-order valence-corrected chi connectivity index (χ4v) is 2.20. The van der Waals surface area contributed by atoms with Crippen LogP contribution in [0.5, 0.6) is 0 Å². The molecule has 0 amide bonds. The first kappa shape index (κ1) is 13.0. The lowest BCUT2D eigenvalue weighted by atomic mass is 10.2. The number of sulfonamides is 1. The van der Waals surface area contributed by atoms with Crippen molar-refractivity contribution in [1.29, 1.82) is 0 Å². The zero-order valence-electron chi connectivity index (χ0n) is 8.44. The Balaban J connectivity index is 3.41. The zero-order chi connectivity index (χ0) is 12.3. The third kappa shape index (κ3) is 2.72. The predicted octanol–water partition coefficient (Wildman–Crippen LogP) is 1.16. The maximum absolute atomic E-state index is 11.5. The van der Waals surface area contributed by atoms with Crippen LogP contribution in [0, 0.1) is 0 Å². The third-order valence-corrected chi connectivity index (χ3v) is 3.03. The summed E-state index contributed by atoms with van der Waals surface area (Å²) < 4.78 is 27.2. The molecule has 0 aliphatic heterocycles. The number of primary sulfonamides is 1. The minimum Gasteiger partial charge on any atom is -0.462 e. The Morgan fingerprint density at radius 3 is 2.62 bits per heavy atom. The van der Waals surface area contributed by atoms with Gasteiger partial charge in [0.05, 0.1) is 22.1 Å². The second-order valence-electron chi connectivity index (χ2n) is 2.88. The Kier molecular flexibility index (Phi) is 3.90. The zero-order valence-corrected chi connectivity index (χ0v) is 10.0. The van der Waals surface area contributed by atoms with Gasteiger partial charge in [-0.1, -0.05) is 17.7 Å². The molecule has 16 heavy (non-hydrogen) atoms. The van der Waals surface area contributed by atoms with E-state index in [9.17, 15) is 13.2 Å². The van der Waals surface area contributed by atoms with Gasteiger partial charge in [0.25, 0.3) is 0 Å². The van der Waals surface area contributed by atoms with Crippen molar-refractivity contribution in [3.63, 3.8) is 0 Å². The van der Waals surface area contributed by atoms with Crippen molar-refractivity contribution >= 4 is 27.6 Å². The van der Waals surface area contributed by atoms with E-state index in [2.05, 4.69) is 0 Å². The highest BCUT2D eigenvalue weighted by Gasteiger charge is 2.22. The van der Waals surface area contributed by atoms with Crippen LogP contribution in [0.3, 0.4) is 0 Å². The molecule has 1 aromatic carbocycles. The number of halogens is 1. The van der Waals surface area contributed by atoms with Crippen molar-refractivity contribution in [3.05, 3.63) is 28.8 Å². The molecule has 7 heteroatoms. The van der Waals surface area contributed by atoms with E-state index in [1.54, 1.807) is 6.92 Å². The number of hydrogen-bond donors (Lipinski definition) is 1. The molecular formula is C9H10ClNO4S. The minimum absolute atomic E-state index is 0.00928. The Bertz CT molecular complexity index is 512. The van der Waals surface area contributed by atoms with Crippen LogP contribution in [0.1, 0.15) is 17.3 Å². The fourth-order valence-electron chi connectivity index (χ4n) is 1.14. The van der Waals surface area contributed by atoms with E-state index in [0.29, 0.717) is 0 Å². The third-order valence-electron chi connectivity index (χ3n) is 1.76. The van der Waals surface area contributed by atoms with Crippen LogP contribution in [0.2, 0.25) is 5.02 Å². The molecule has 5 nitrogen and oxygen atoms in total. The number of rotatable bonds is 3. The SMILES string of the molecule is CCOC(=O)c1c(Cl)cccc1S(N)(=O)=O. The van der Waals surface area contributed by atoms with Crippen LogP contribution in [0.4, 0.5) is 0 Å². The van der Waals surface area contributed by atoms with E-state index in [1.165, 1.54) is 18.2 Å². The molecule has 0 radical (unpaired) electrons. The van der Waals surface area contributed by atoms with Crippen LogP contribution in [-0.2, 0) is 14.8 Å². The Labute approximate surface area is 98.2 Å². The summed E-state index contributed by atoms with van der Waals surface area (Å²) in [6.07, 6.45) is 0. The molecule has 0 aliphatic carbocycles. The van der Waals surface area contributed by atoms with Gasteiger partial charge < -0.3 is 4.74 Å². The van der Waals surface area contributed by atoms with Crippen molar-refractivity contribution in [3.8, 4) is 0 Å². The normalized spacial score (nSPS) is 11.2. The van der Waals surface area contributed by atoms with E-state index >= 15 is 0 Å². The van der Waals surface area contributed by atoms with E-state index in [-0.39, 0.29) is 22.1 Å². The molecule has 0 bridgehead atoms. The number of ether oxygens (including phenoxy) is 1. The summed E-state index contributed by atoms with van der Waals surface area (Å²) >= 11 is 5.75. The van der Waals surface area contributed by atoms with Gasteiger partial charge in [0, 0.05) is 0 Å². The topological polar surface area (TPSA) is 86.5 Å². The average molecular weight is 264 g/mol. The van der Waals surface area contributed by atoms with Gasteiger partial charge in [-0.15, -0.1) is 0 Å². The minimum atomic E-state index is -4.00. The monoisotopic (exact) mass is 263 g/mol. The second kappa shape index (κ2) is 4.82. The molecule has 0 saturated heterocycles. The van der Waals surface area contributed by atoms with Gasteiger partial charge in [0.15, 0.2) is 0 Å². The summed E-state index contributed by atoms with van der Waals surface area (Å²) in [5.74, 6) is -0.808. The van der Waals surface area contributed by atoms with Crippen LogP contribution >= 0.6 is 11.6 Å². The Morgan fingerprint density at radius 1 is 1.50 bits per heavy atom. The standard InChI is InChI=1S/C9H10ClNO4S/c1-2-15-9(12)8-6(10)4-3-5-7(8)16(11,13)14/h3-5H,2H2,1H3,(H2,11,13,14). The number of nitrogens with two attached hydrogens (primary N) is 1. The summed E-state index contributed by atoms with van der Waals surface area (Å²) in [7, 11) is -4.00. The first-order chi connectivity index (χ1) is 7.38. The van der Waals surface area contributed by atoms with Gasteiger partial charge in [-0.05, 0) is 19.1 Å². The molecule has 0 fully saturated rings. The summed E-state index contributed by atoms with van der Waals surface area (Å²) in [5, 5.41) is 4.96. The fraction of sp³-hybridized carbons (Fsp3) is 0.222. The van der Waals surface area contributed by atoms with Gasteiger partial charge >= 0.3 is 5.97 Å². The number of benzene rings is 1. The molecule has 0 unspecified atom stereocenters. The molecule has 0 spiro atoms. The molecule has 0 heterocycles. The lowest BCUT2D eigenvalue weighted by molar-refractivity contribution is 0.0522. The van der Waals surface area contributed by atoms with Gasteiger partial charge in [0.1, 0.15) is 0 Å². The van der Waals surface area contributed by atoms with Gasteiger partial charge in [-0.25, -0.2) is 18.4 Å². The summed E-state index contributed by atoms with van der Waals surface area (Å²) in [6.45, 7) is 1.72. The number of carbonyl (C=O) groups is 1. The number of esters is 1. The molecule has 0 aromatic heterocycles. The van der Waals surface area contributed by atoms with Crippen molar-refractivity contribution in [1.82, 2.24) is 0 Å². The predicted molar refractivity (Wildman–Crippen MR) is 58.8 cm³/mol. The molecule has 88 valence electrons. The molecular weight excluding hydrogens is 254 g/mol. The quantitative estimate of drug-likeness (QED) is 0.829. The average Bonchev–Trinajstić information content (AvgIpc) is 2.16.